The molecule has 18 heavy (non-hydrogen) atoms. The lowest BCUT2D eigenvalue weighted by atomic mass is 10.2. The first-order valence-electron chi connectivity index (χ1n) is 5.97. The number of amides is 1. The summed E-state index contributed by atoms with van der Waals surface area (Å²) in [4.78, 5) is 17.6. The number of carbonyl (C=O) groups is 1. The Balaban J connectivity index is 2.00. The number of nitrogens with one attached hydrogen (secondary N) is 1. The minimum Gasteiger partial charge on any atom is -0.378 e. The van der Waals surface area contributed by atoms with Gasteiger partial charge in [0.15, 0.2) is 0 Å². The number of carbonyl (C=O) groups excluding carboxylic acids is 1. The van der Waals surface area contributed by atoms with Crippen LogP contribution < -0.4 is 10.2 Å². The lowest BCUT2D eigenvalue weighted by Crippen LogP contribution is -2.36. The molecule has 1 aromatic rings. The Hall–Kier alpha value is -1.88. The van der Waals surface area contributed by atoms with Crippen LogP contribution in [0.2, 0.25) is 0 Å². The topological polar surface area (TPSA) is 54.5 Å². The molecular weight excluding hydrogens is 230 g/mol. The van der Waals surface area contributed by atoms with Gasteiger partial charge >= 0.3 is 0 Å². The zero-order chi connectivity index (χ0) is 12.8. The maximum atomic E-state index is 11.1. The number of rotatable bonds is 4. The third-order valence-electron chi connectivity index (χ3n) is 2.80. The molecule has 1 aliphatic heterocycles. The minimum absolute atomic E-state index is 0.167. The average Bonchev–Trinajstić information content (AvgIpc) is 2.46. The van der Waals surface area contributed by atoms with Crippen LogP contribution in [0, 0.1) is 0 Å². The summed E-state index contributed by atoms with van der Waals surface area (Å²) in [5, 5.41) is 2.75. The highest BCUT2D eigenvalue weighted by molar-refractivity contribution is 5.86. The van der Waals surface area contributed by atoms with E-state index < -0.39 is 0 Å². The van der Waals surface area contributed by atoms with Crippen LogP contribution >= 0.6 is 0 Å². The number of aromatic nitrogens is 1. The van der Waals surface area contributed by atoms with Gasteiger partial charge in [-0.15, -0.1) is 0 Å². The summed E-state index contributed by atoms with van der Waals surface area (Å²) in [5.74, 6) is 0.767. The molecule has 5 heteroatoms. The van der Waals surface area contributed by atoms with Crippen molar-refractivity contribution < 1.29 is 9.53 Å². The van der Waals surface area contributed by atoms with Crippen molar-refractivity contribution in [3.8, 4) is 0 Å². The number of ether oxygens (including phenoxy) is 1. The SMILES string of the molecule is C=CC(=O)NCc1ccnc(N2CCOCC2)c1. The van der Waals surface area contributed by atoms with E-state index in [2.05, 4.69) is 21.8 Å². The zero-order valence-electron chi connectivity index (χ0n) is 10.3. The van der Waals surface area contributed by atoms with Crippen molar-refractivity contribution in [2.75, 3.05) is 31.2 Å². The molecule has 1 saturated heterocycles. The normalized spacial score (nSPS) is 15.2. The van der Waals surface area contributed by atoms with Gasteiger partial charge in [0, 0.05) is 25.8 Å². The van der Waals surface area contributed by atoms with Crippen molar-refractivity contribution in [1.82, 2.24) is 10.3 Å². The highest BCUT2D eigenvalue weighted by Crippen LogP contribution is 2.14. The van der Waals surface area contributed by atoms with Crippen LogP contribution in [-0.4, -0.2) is 37.2 Å². The predicted octanol–water partition coefficient (Wildman–Crippen LogP) is 0.720. The Morgan fingerprint density at radius 2 is 2.33 bits per heavy atom. The molecule has 1 aromatic heterocycles. The molecule has 96 valence electrons. The third kappa shape index (κ3) is 3.30. The lowest BCUT2D eigenvalue weighted by Gasteiger charge is -2.28. The van der Waals surface area contributed by atoms with Crippen LogP contribution in [0.5, 0.6) is 0 Å². The summed E-state index contributed by atoms with van der Waals surface area (Å²) < 4.78 is 5.31. The number of morpholine rings is 1. The summed E-state index contributed by atoms with van der Waals surface area (Å²) in [7, 11) is 0. The van der Waals surface area contributed by atoms with Crippen molar-refractivity contribution >= 4 is 11.7 Å². The number of pyridine rings is 1. The molecule has 0 aromatic carbocycles. The average molecular weight is 247 g/mol. The smallest absolute Gasteiger partial charge is 0.243 e. The number of anilines is 1. The Morgan fingerprint density at radius 1 is 1.56 bits per heavy atom. The van der Waals surface area contributed by atoms with E-state index in [0.29, 0.717) is 6.54 Å². The summed E-state index contributed by atoms with van der Waals surface area (Å²) in [6, 6.07) is 3.89. The molecule has 1 aliphatic rings. The molecule has 0 radical (unpaired) electrons. The van der Waals surface area contributed by atoms with E-state index in [4.69, 9.17) is 4.74 Å². The Kier molecular flexibility index (Phi) is 4.30. The molecule has 5 nitrogen and oxygen atoms in total. The highest BCUT2D eigenvalue weighted by atomic mass is 16.5. The monoisotopic (exact) mass is 247 g/mol. The molecule has 0 bridgehead atoms. The van der Waals surface area contributed by atoms with Crippen molar-refractivity contribution in [2.45, 2.75) is 6.54 Å². The van der Waals surface area contributed by atoms with E-state index in [1.807, 2.05) is 12.1 Å². The van der Waals surface area contributed by atoms with Crippen LogP contribution in [0.1, 0.15) is 5.56 Å². The first-order valence-corrected chi connectivity index (χ1v) is 5.97. The summed E-state index contributed by atoms with van der Waals surface area (Å²) >= 11 is 0. The zero-order valence-corrected chi connectivity index (χ0v) is 10.3. The van der Waals surface area contributed by atoms with Crippen molar-refractivity contribution in [1.29, 1.82) is 0 Å². The van der Waals surface area contributed by atoms with Crippen LogP contribution in [0.4, 0.5) is 5.82 Å². The minimum atomic E-state index is -0.167. The van der Waals surface area contributed by atoms with Crippen LogP contribution in [0.3, 0.4) is 0 Å². The highest BCUT2D eigenvalue weighted by Gasteiger charge is 2.12. The van der Waals surface area contributed by atoms with Crippen molar-refractivity contribution in [3.05, 3.63) is 36.5 Å². The molecular formula is C13H17N3O2. The predicted molar refractivity (Wildman–Crippen MR) is 69.3 cm³/mol. The first-order chi connectivity index (χ1) is 8.79. The molecule has 0 atom stereocenters. The molecule has 0 unspecified atom stereocenters. The van der Waals surface area contributed by atoms with Gasteiger partial charge in [-0.05, 0) is 23.8 Å². The number of hydrogen-bond acceptors (Lipinski definition) is 4. The van der Waals surface area contributed by atoms with Gasteiger partial charge in [-0.3, -0.25) is 4.79 Å². The van der Waals surface area contributed by atoms with E-state index in [0.717, 1.165) is 37.7 Å². The number of nitrogens with zero attached hydrogens (tertiary/aromatic N) is 2. The molecule has 0 saturated carbocycles. The Morgan fingerprint density at radius 3 is 3.06 bits per heavy atom. The lowest BCUT2D eigenvalue weighted by molar-refractivity contribution is -0.116. The quantitative estimate of drug-likeness (QED) is 0.797. The Labute approximate surface area is 106 Å². The van der Waals surface area contributed by atoms with Gasteiger partial charge in [0.05, 0.1) is 13.2 Å². The largest absolute Gasteiger partial charge is 0.378 e. The van der Waals surface area contributed by atoms with Gasteiger partial charge in [-0.25, -0.2) is 4.98 Å². The molecule has 0 aliphatic carbocycles. The van der Waals surface area contributed by atoms with E-state index in [1.165, 1.54) is 6.08 Å². The summed E-state index contributed by atoms with van der Waals surface area (Å²) in [6.45, 7) is 7.09. The van der Waals surface area contributed by atoms with E-state index in [-0.39, 0.29) is 5.91 Å². The van der Waals surface area contributed by atoms with Gasteiger partial charge in [0.2, 0.25) is 5.91 Å². The van der Waals surface area contributed by atoms with Crippen LogP contribution in [0.25, 0.3) is 0 Å². The van der Waals surface area contributed by atoms with Gasteiger partial charge in [-0.2, -0.15) is 0 Å². The fourth-order valence-corrected chi connectivity index (χ4v) is 1.80. The van der Waals surface area contributed by atoms with Gasteiger partial charge in [0.1, 0.15) is 5.82 Å². The third-order valence-corrected chi connectivity index (χ3v) is 2.80. The van der Waals surface area contributed by atoms with E-state index in [1.54, 1.807) is 6.20 Å². The maximum Gasteiger partial charge on any atom is 0.243 e. The summed E-state index contributed by atoms with van der Waals surface area (Å²) in [6.07, 6.45) is 3.03. The second kappa shape index (κ2) is 6.16. The van der Waals surface area contributed by atoms with Crippen molar-refractivity contribution in [2.24, 2.45) is 0 Å². The van der Waals surface area contributed by atoms with E-state index >= 15 is 0 Å². The molecule has 0 spiro atoms. The van der Waals surface area contributed by atoms with Crippen LogP contribution in [-0.2, 0) is 16.1 Å². The molecule has 2 heterocycles. The first kappa shape index (κ1) is 12.6. The molecule has 1 fully saturated rings. The molecule has 1 amide bonds. The standard InChI is InChI=1S/C13H17N3O2/c1-2-13(17)15-10-11-3-4-14-12(9-11)16-5-7-18-8-6-16/h2-4,9H,1,5-8,10H2,(H,15,17). The summed E-state index contributed by atoms with van der Waals surface area (Å²) in [5.41, 5.74) is 1.03. The molecule has 2 rings (SSSR count). The fraction of sp³-hybridized carbons (Fsp3) is 0.385. The van der Waals surface area contributed by atoms with Gasteiger partial charge < -0.3 is 15.0 Å². The second-order valence-corrected chi connectivity index (χ2v) is 4.04. The second-order valence-electron chi connectivity index (χ2n) is 4.04. The van der Waals surface area contributed by atoms with Crippen molar-refractivity contribution in [3.63, 3.8) is 0 Å². The molecule has 1 N–H and O–H groups in total. The Bertz CT molecular complexity index is 428. The van der Waals surface area contributed by atoms with Gasteiger partial charge in [0.25, 0.3) is 0 Å². The van der Waals surface area contributed by atoms with Gasteiger partial charge in [-0.1, -0.05) is 6.58 Å². The fourth-order valence-electron chi connectivity index (χ4n) is 1.80. The van der Waals surface area contributed by atoms with Crippen LogP contribution in [0.15, 0.2) is 31.0 Å². The maximum absolute atomic E-state index is 11.1. The number of hydrogen-bond donors (Lipinski definition) is 1. The van der Waals surface area contributed by atoms with E-state index in [9.17, 15) is 4.79 Å².